The van der Waals surface area contributed by atoms with Crippen molar-refractivity contribution in [1.29, 1.82) is 0 Å². The fourth-order valence-electron chi connectivity index (χ4n) is 2.66. The molecule has 0 heterocycles. The van der Waals surface area contributed by atoms with Crippen LogP contribution < -0.4 is 0 Å². The van der Waals surface area contributed by atoms with Crippen LogP contribution in [-0.2, 0) is 4.43 Å². The predicted molar refractivity (Wildman–Crippen MR) is 98.4 cm³/mol. The maximum atomic E-state index is 10.6. The molecule has 0 saturated carbocycles. The average Bonchev–Trinajstić information content (AvgIpc) is 2.56. The molecule has 0 radical (unpaired) electrons. The van der Waals surface area contributed by atoms with E-state index in [0.29, 0.717) is 0 Å². The van der Waals surface area contributed by atoms with Crippen molar-refractivity contribution in [2.45, 2.75) is 65.0 Å². The minimum absolute atomic E-state index is 0.183. The van der Waals surface area contributed by atoms with Gasteiger partial charge in [0.25, 0.3) is 0 Å². The van der Waals surface area contributed by atoms with Crippen LogP contribution in [0.5, 0.6) is 0 Å². The number of aliphatic hydroxyl groups excluding tert-OH is 1. The molecule has 0 aliphatic rings. The zero-order chi connectivity index (χ0) is 16.6. The number of aliphatic hydroxyl groups is 1. The van der Waals surface area contributed by atoms with Gasteiger partial charge in [-0.05, 0) is 29.6 Å². The highest BCUT2D eigenvalue weighted by atomic mass is 28.4. The van der Waals surface area contributed by atoms with E-state index in [4.69, 9.17) is 4.43 Å². The van der Waals surface area contributed by atoms with Crippen LogP contribution >= 0.6 is 0 Å². The van der Waals surface area contributed by atoms with Crippen LogP contribution in [0.25, 0.3) is 6.08 Å². The standard InChI is InChI=1S/C19H32O2Si/c1-6-22(7-2,8-3)21-18(19(20)16(4)5)15-14-17-12-10-9-11-13-17/h9-16,18-20H,6-8H2,1-5H3/b15-14+/t18-,19+/m1/s1. The molecule has 1 aromatic carbocycles. The minimum Gasteiger partial charge on any atom is -0.408 e. The second-order valence-electron chi connectivity index (χ2n) is 6.33. The lowest BCUT2D eigenvalue weighted by molar-refractivity contribution is 0.0261. The van der Waals surface area contributed by atoms with Gasteiger partial charge in [-0.2, -0.15) is 0 Å². The van der Waals surface area contributed by atoms with Gasteiger partial charge in [0.05, 0.1) is 12.2 Å². The number of benzene rings is 1. The summed E-state index contributed by atoms with van der Waals surface area (Å²) in [6.07, 6.45) is 3.43. The van der Waals surface area contributed by atoms with Crippen molar-refractivity contribution in [1.82, 2.24) is 0 Å². The Labute approximate surface area is 137 Å². The van der Waals surface area contributed by atoms with E-state index in [9.17, 15) is 5.11 Å². The quantitative estimate of drug-likeness (QED) is 0.641. The summed E-state index contributed by atoms with van der Waals surface area (Å²) < 4.78 is 6.53. The molecule has 0 saturated heterocycles. The summed E-state index contributed by atoms with van der Waals surface area (Å²) in [4.78, 5) is 0. The average molecular weight is 321 g/mol. The molecule has 0 amide bonds. The molecule has 1 aromatic rings. The lowest BCUT2D eigenvalue weighted by Gasteiger charge is -2.35. The van der Waals surface area contributed by atoms with Crippen molar-refractivity contribution in [3.05, 3.63) is 42.0 Å². The molecule has 0 aliphatic carbocycles. The molecule has 0 aliphatic heterocycles. The summed E-state index contributed by atoms with van der Waals surface area (Å²) >= 11 is 0. The van der Waals surface area contributed by atoms with Gasteiger partial charge in [0.1, 0.15) is 0 Å². The van der Waals surface area contributed by atoms with Crippen molar-refractivity contribution in [2.24, 2.45) is 5.92 Å². The molecule has 124 valence electrons. The zero-order valence-electron chi connectivity index (χ0n) is 14.8. The van der Waals surface area contributed by atoms with Crippen molar-refractivity contribution in [2.75, 3.05) is 0 Å². The third-order valence-electron chi connectivity index (χ3n) is 4.62. The Morgan fingerprint density at radius 1 is 1.05 bits per heavy atom. The Balaban J connectivity index is 2.96. The third kappa shape index (κ3) is 5.38. The second kappa shape index (κ2) is 9.28. The van der Waals surface area contributed by atoms with Crippen LogP contribution in [-0.4, -0.2) is 25.6 Å². The van der Waals surface area contributed by atoms with E-state index in [-0.39, 0.29) is 12.0 Å². The topological polar surface area (TPSA) is 29.5 Å². The highest BCUT2D eigenvalue weighted by Crippen LogP contribution is 2.26. The molecule has 22 heavy (non-hydrogen) atoms. The number of hydrogen-bond donors (Lipinski definition) is 1. The Morgan fingerprint density at radius 3 is 2.05 bits per heavy atom. The van der Waals surface area contributed by atoms with Crippen LogP contribution in [0.15, 0.2) is 36.4 Å². The molecule has 0 unspecified atom stereocenters. The first-order valence-electron chi connectivity index (χ1n) is 8.57. The lowest BCUT2D eigenvalue weighted by atomic mass is 10.0. The van der Waals surface area contributed by atoms with Crippen LogP contribution in [0.3, 0.4) is 0 Å². The molecule has 3 heteroatoms. The Bertz CT molecular complexity index is 430. The van der Waals surface area contributed by atoms with Crippen LogP contribution in [0.1, 0.15) is 40.2 Å². The predicted octanol–water partition coefficient (Wildman–Crippen LogP) is 5.11. The summed E-state index contributed by atoms with van der Waals surface area (Å²) in [5.74, 6) is 0.183. The Morgan fingerprint density at radius 2 is 1.59 bits per heavy atom. The van der Waals surface area contributed by atoms with Crippen molar-refractivity contribution in [3.8, 4) is 0 Å². The monoisotopic (exact) mass is 320 g/mol. The lowest BCUT2D eigenvalue weighted by Crippen LogP contribution is -2.44. The highest BCUT2D eigenvalue weighted by Gasteiger charge is 2.34. The van der Waals surface area contributed by atoms with Gasteiger partial charge in [-0.3, -0.25) is 0 Å². The molecule has 1 N–H and O–H groups in total. The van der Waals surface area contributed by atoms with Gasteiger partial charge in [-0.1, -0.05) is 77.1 Å². The van der Waals surface area contributed by atoms with Crippen LogP contribution in [0.2, 0.25) is 18.1 Å². The first-order valence-corrected chi connectivity index (χ1v) is 11.1. The van der Waals surface area contributed by atoms with Gasteiger partial charge in [-0.15, -0.1) is 0 Å². The molecule has 0 fully saturated rings. The third-order valence-corrected chi connectivity index (χ3v) is 9.25. The van der Waals surface area contributed by atoms with Gasteiger partial charge in [0, 0.05) is 0 Å². The minimum atomic E-state index is -1.74. The van der Waals surface area contributed by atoms with Gasteiger partial charge in [-0.25, -0.2) is 0 Å². The van der Waals surface area contributed by atoms with E-state index < -0.39 is 14.4 Å². The van der Waals surface area contributed by atoms with E-state index in [1.165, 1.54) is 0 Å². The number of hydrogen-bond acceptors (Lipinski definition) is 2. The first-order chi connectivity index (χ1) is 10.5. The molecule has 0 bridgehead atoms. The molecule has 2 nitrogen and oxygen atoms in total. The summed E-state index contributed by atoms with van der Waals surface area (Å²) in [7, 11) is -1.74. The van der Waals surface area contributed by atoms with Gasteiger partial charge < -0.3 is 9.53 Å². The summed E-state index contributed by atoms with van der Waals surface area (Å²) in [5, 5.41) is 10.6. The number of rotatable bonds is 9. The normalized spacial score (nSPS) is 15.4. The Hall–Kier alpha value is -0.903. The largest absolute Gasteiger partial charge is 0.408 e. The van der Waals surface area contributed by atoms with E-state index >= 15 is 0 Å². The van der Waals surface area contributed by atoms with E-state index in [1.807, 2.05) is 38.1 Å². The van der Waals surface area contributed by atoms with Crippen LogP contribution in [0.4, 0.5) is 0 Å². The highest BCUT2D eigenvalue weighted by molar-refractivity contribution is 6.73. The first kappa shape index (κ1) is 19.1. The fraction of sp³-hybridized carbons (Fsp3) is 0.579. The zero-order valence-corrected chi connectivity index (χ0v) is 15.8. The molecule has 1 rings (SSSR count). The molecule has 0 aromatic heterocycles. The maximum Gasteiger partial charge on any atom is 0.193 e. The maximum absolute atomic E-state index is 10.6. The van der Waals surface area contributed by atoms with Crippen molar-refractivity contribution >= 4 is 14.4 Å². The summed E-state index contributed by atoms with van der Waals surface area (Å²) in [5.41, 5.74) is 1.14. The van der Waals surface area contributed by atoms with E-state index in [0.717, 1.165) is 23.7 Å². The smallest absolute Gasteiger partial charge is 0.193 e. The van der Waals surface area contributed by atoms with Crippen LogP contribution in [0, 0.1) is 5.92 Å². The van der Waals surface area contributed by atoms with Crippen molar-refractivity contribution < 1.29 is 9.53 Å². The molecular weight excluding hydrogens is 288 g/mol. The molecule has 0 spiro atoms. The van der Waals surface area contributed by atoms with E-state index in [1.54, 1.807) is 0 Å². The van der Waals surface area contributed by atoms with Gasteiger partial charge >= 0.3 is 0 Å². The van der Waals surface area contributed by atoms with Crippen molar-refractivity contribution in [3.63, 3.8) is 0 Å². The fourth-order valence-corrected chi connectivity index (χ4v) is 5.46. The summed E-state index contributed by atoms with van der Waals surface area (Å²) in [6.45, 7) is 10.8. The van der Waals surface area contributed by atoms with Gasteiger partial charge in [0.15, 0.2) is 8.32 Å². The Kier molecular flexibility index (Phi) is 8.08. The summed E-state index contributed by atoms with van der Waals surface area (Å²) in [6, 6.07) is 13.5. The van der Waals surface area contributed by atoms with E-state index in [2.05, 4.69) is 39.0 Å². The SMILES string of the molecule is CC[Si](CC)(CC)O[C@H](/C=C/c1ccccc1)[C@@H](O)C(C)C. The molecular formula is C19H32O2Si. The van der Waals surface area contributed by atoms with Gasteiger partial charge in [0.2, 0.25) is 0 Å². The second-order valence-corrected chi connectivity index (χ2v) is 11.1. The molecule has 2 atom stereocenters.